The molecule has 1 aromatic carbocycles. The van der Waals surface area contributed by atoms with E-state index in [0.29, 0.717) is 11.4 Å². The molecule has 0 unspecified atom stereocenters. The van der Waals surface area contributed by atoms with Crippen molar-refractivity contribution in [2.45, 2.75) is 18.4 Å². The summed E-state index contributed by atoms with van der Waals surface area (Å²) in [5, 5.41) is 3.91. The Morgan fingerprint density at radius 2 is 1.94 bits per heavy atom. The largest absolute Gasteiger partial charge is 0.243 e. The number of aryl methyl sites for hydroxylation is 1. The summed E-state index contributed by atoms with van der Waals surface area (Å²) in [6.45, 7) is 2.21. The van der Waals surface area contributed by atoms with E-state index in [-0.39, 0.29) is 0 Å². The van der Waals surface area contributed by atoms with Gasteiger partial charge in [0, 0.05) is 13.6 Å². The summed E-state index contributed by atoms with van der Waals surface area (Å²) < 4.78 is 26.2. The predicted molar refractivity (Wildman–Crippen MR) is 74.2 cm³/mol. The zero-order chi connectivity index (χ0) is 13.2. The molecule has 2 rings (SSSR count). The van der Waals surface area contributed by atoms with Gasteiger partial charge in [-0.2, -0.15) is 15.6 Å². The van der Waals surface area contributed by atoms with E-state index in [4.69, 9.17) is 0 Å². The van der Waals surface area contributed by atoms with E-state index in [1.807, 2.05) is 35.9 Å². The topological polar surface area (TPSA) is 37.4 Å². The van der Waals surface area contributed by atoms with Crippen LogP contribution >= 0.6 is 11.3 Å². The number of thiophene rings is 1. The highest BCUT2D eigenvalue weighted by Crippen LogP contribution is 2.20. The monoisotopic (exact) mass is 281 g/mol. The Balaban J connectivity index is 2.29. The van der Waals surface area contributed by atoms with E-state index < -0.39 is 10.0 Å². The van der Waals surface area contributed by atoms with Gasteiger partial charge >= 0.3 is 0 Å². The van der Waals surface area contributed by atoms with Crippen LogP contribution in [0.5, 0.6) is 0 Å². The molecule has 0 aliphatic heterocycles. The molecule has 1 aromatic heterocycles. The second kappa shape index (κ2) is 5.22. The number of hydrogen-bond acceptors (Lipinski definition) is 3. The minimum atomic E-state index is -3.41. The number of hydrogen-bond donors (Lipinski definition) is 0. The van der Waals surface area contributed by atoms with Crippen molar-refractivity contribution in [3.05, 3.63) is 52.2 Å². The first-order chi connectivity index (χ1) is 8.51. The maximum atomic E-state index is 12.4. The molecule has 2 aromatic rings. The fraction of sp³-hybridized carbons (Fsp3) is 0.231. The van der Waals surface area contributed by atoms with Crippen molar-refractivity contribution in [3.63, 3.8) is 0 Å². The molecule has 0 saturated carbocycles. The van der Waals surface area contributed by atoms with Gasteiger partial charge in [-0.1, -0.05) is 18.2 Å². The third kappa shape index (κ3) is 2.63. The fourth-order valence-electron chi connectivity index (χ4n) is 1.74. The van der Waals surface area contributed by atoms with Crippen molar-refractivity contribution in [3.8, 4) is 0 Å². The normalized spacial score (nSPS) is 11.9. The van der Waals surface area contributed by atoms with Gasteiger partial charge in [0.15, 0.2) is 0 Å². The van der Waals surface area contributed by atoms with Crippen LogP contribution in [0.15, 0.2) is 46.0 Å². The number of nitrogens with zero attached hydrogens (tertiary/aromatic N) is 1. The Hall–Kier alpha value is -1.17. The summed E-state index contributed by atoms with van der Waals surface area (Å²) >= 11 is 1.57. The van der Waals surface area contributed by atoms with E-state index in [1.165, 1.54) is 4.31 Å². The van der Waals surface area contributed by atoms with E-state index >= 15 is 0 Å². The summed E-state index contributed by atoms with van der Waals surface area (Å²) in [4.78, 5) is 0.378. The van der Waals surface area contributed by atoms with Crippen LogP contribution in [0, 0.1) is 6.92 Å². The molecular weight excluding hydrogens is 266 g/mol. The van der Waals surface area contributed by atoms with Gasteiger partial charge in [0.2, 0.25) is 10.0 Å². The highest BCUT2D eigenvalue weighted by atomic mass is 32.2. The van der Waals surface area contributed by atoms with E-state index in [0.717, 1.165) is 11.1 Å². The molecule has 1 heterocycles. The summed E-state index contributed by atoms with van der Waals surface area (Å²) in [5.41, 5.74) is 1.79. The molecule has 0 radical (unpaired) electrons. The molecular formula is C13H15NO2S2. The minimum Gasteiger partial charge on any atom is -0.207 e. The summed E-state index contributed by atoms with van der Waals surface area (Å²) in [6, 6.07) is 8.99. The molecule has 0 N–H and O–H groups in total. The van der Waals surface area contributed by atoms with Crippen LogP contribution in [-0.2, 0) is 16.6 Å². The van der Waals surface area contributed by atoms with Crippen LogP contribution in [0.3, 0.4) is 0 Å². The maximum Gasteiger partial charge on any atom is 0.243 e. The lowest BCUT2D eigenvalue weighted by Gasteiger charge is -2.17. The second-order valence-electron chi connectivity index (χ2n) is 4.16. The van der Waals surface area contributed by atoms with Gasteiger partial charge in [0.05, 0.1) is 4.90 Å². The molecule has 5 heteroatoms. The zero-order valence-electron chi connectivity index (χ0n) is 10.3. The van der Waals surface area contributed by atoms with Crippen molar-refractivity contribution < 1.29 is 8.42 Å². The van der Waals surface area contributed by atoms with Crippen LogP contribution in [0.4, 0.5) is 0 Å². The molecule has 0 amide bonds. The SMILES string of the molecule is Cc1ccccc1S(=O)(=O)N(C)Cc1ccsc1. The lowest BCUT2D eigenvalue weighted by molar-refractivity contribution is 0.467. The third-order valence-corrected chi connectivity index (χ3v) is 5.46. The highest BCUT2D eigenvalue weighted by molar-refractivity contribution is 7.89. The molecule has 0 saturated heterocycles. The predicted octanol–water partition coefficient (Wildman–Crippen LogP) is 2.88. The Bertz CT molecular complexity index is 618. The van der Waals surface area contributed by atoms with Gasteiger partial charge in [0.1, 0.15) is 0 Å². The third-order valence-electron chi connectivity index (χ3n) is 2.77. The van der Waals surface area contributed by atoms with Crippen molar-refractivity contribution >= 4 is 21.4 Å². The fourth-order valence-corrected chi connectivity index (χ4v) is 3.78. The Morgan fingerprint density at radius 1 is 1.22 bits per heavy atom. The number of rotatable bonds is 4. The van der Waals surface area contributed by atoms with E-state index in [2.05, 4.69) is 0 Å². The smallest absolute Gasteiger partial charge is 0.207 e. The first-order valence-corrected chi connectivity index (χ1v) is 7.93. The minimum absolute atomic E-state index is 0.378. The summed E-state index contributed by atoms with van der Waals surface area (Å²) in [6.07, 6.45) is 0. The summed E-state index contributed by atoms with van der Waals surface area (Å²) in [7, 11) is -1.80. The van der Waals surface area contributed by atoms with Crippen molar-refractivity contribution in [1.29, 1.82) is 0 Å². The second-order valence-corrected chi connectivity index (χ2v) is 6.95. The van der Waals surface area contributed by atoms with Crippen LogP contribution in [0.2, 0.25) is 0 Å². The maximum absolute atomic E-state index is 12.4. The van der Waals surface area contributed by atoms with Gasteiger partial charge in [-0.15, -0.1) is 0 Å². The standard InChI is InChI=1S/C13H15NO2S2/c1-11-5-3-4-6-13(11)18(15,16)14(2)9-12-7-8-17-10-12/h3-8,10H,9H2,1-2H3. The average Bonchev–Trinajstić information content (AvgIpc) is 2.82. The Labute approximate surface area is 112 Å². The summed E-state index contributed by atoms with van der Waals surface area (Å²) in [5.74, 6) is 0. The molecule has 0 fully saturated rings. The van der Waals surface area contributed by atoms with Crippen LogP contribution in [0.1, 0.15) is 11.1 Å². The van der Waals surface area contributed by atoms with E-state index in [9.17, 15) is 8.42 Å². The quantitative estimate of drug-likeness (QED) is 0.864. The van der Waals surface area contributed by atoms with Gasteiger partial charge in [-0.25, -0.2) is 8.42 Å². The first kappa shape index (κ1) is 13.3. The molecule has 0 atom stereocenters. The van der Waals surface area contributed by atoms with Crippen LogP contribution < -0.4 is 0 Å². The lowest BCUT2D eigenvalue weighted by atomic mass is 10.2. The van der Waals surface area contributed by atoms with Gasteiger partial charge in [-0.3, -0.25) is 0 Å². The van der Waals surface area contributed by atoms with Crippen molar-refractivity contribution in [2.75, 3.05) is 7.05 Å². The molecule has 0 aliphatic rings. The van der Waals surface area contributed by atoms with Crippen LogP contribution in [-0.4, -0.2) is 19.8 Å². The molecule has 96 valence electrons. The Kier molecular flexibility index (Phi) is 3.85. The average molecular weight is 281 g/mol. The number of benzene rings is 1. The number of sulfonamides is 1. The Morgan fingerprint density at radius 3 is 2.56 bits per heavy atom. The van der Waals surface area contributed by atoms with Gasteiger partial charge < -0.3 is 0 Å². The molecule has 18 heavy (non-hydrogen) atoms. The molecule has 3 nitrogen and oxygen atoms in total. The van der Waals surface area contributed by atoms with E-state index in [1.54, 1.807) is 30.5 Å². The molecule has 0 spiro atoms. The molecule has 0 aliphatic carbocycles. The molecule has 0 bridgehead atoms. The van der Waals surface area contributed by atoms with Gasteiger partial charge in [0.25, 0.3) is 0 Å². The zero-order valence-corrected chi connectivity index (χ0v) is 12.0. The van der Waals surface area contributed by atoms with Crippen molar-refractivity contribution in [2.24, 2.45) is 0 Å². The first-order valence-electron chi connectivity index (χ1n) is 5.55. The van der Waals surface area contributed by atoms with Gasteiger partial charge in [-0.05, 0) is 40.9 Å². The highest BCUT2D eigenvalue weighted by Gasteiger charge is 2.22. The lowest BCUT2D eigenvalue weighted by Crippen LogP contribution is -2.26. The van der Waals surface area contributed by atoms with Crippen molar-refractivity contribution in [1.82, 2.24) is 4.31 Å². The van der Waals surface area contributed by atoms with Crippen LogP contribution in [0.25, 0.3) is 0 Å².